The zero-order chi connectivity index (χ0) is 21.1. The molecule has 2 aromatic heterocycles. The van der Waals surface area contributed by atoms with Crippen LogP contribution in [0, 0.1) is 18.3 Å². The first kappa shape index (κ1) is 20.3. The summed E-state index contributed by atoms with van der Waals surface area (Å²) in [5.41, 5.74) is 6.31. The Labute approximate surface area is 182 Å². The van der Waals surface area contributed by atoms with Gasteiger partial charge >= 0.3 is 0 Å². The van der Waals surface area contributed by atoms with Crippen molar-refractivity contribution in [3.63, 3.8) is 0 Å². The van der Waals surface area contributed by atoms with Crippen LogP contribution in [0.25, 0.3) is 16.7 Å². The lowest BCUT2D eigenvalue weighted by Gasteiger charge is -2.19. The molecule has 4 aromatic rings. The fourth-order valence-electron chi connectivity index (χ4n) is 4.00. The van der Waals surface area contributed by atoms with Crippen LogP contribution in [0.3, 0.4) is 0 Å². The molecular weight excluding hydrogens is 392 g/mol. The Morgan fingerprint density at radius 2 is 1.87 bits per heavy atom. The van der Waals surface area contributed by atoms with Crippen molar-refractivity contribution in [2.45, 2.75) is 39.5 Å². The van der Waals surface area contributed by atoms with E-state index in [9.17, 15) is 5.26 Å². The van der Waals surface area contributed by atoms with Crippen molar-refractivity contribution in [2.75, 3.05) is 11.9 Å². The number of para-hydroxylation sites is 2. The van der Waals surface area contributed by atoms with E-state index in [0.717, 1.165) is 51.5 Å². The van der Waals surface area contributed by atoms with Crippen LogP contribution >= 0.6 is 11.6 Å². The molecular formula is C25H25ClN4. The van der Waals surface area contributed by atoms with Crippen LogP contribution in [-0.2, 0) is 6.42 Å². The van der Waals surface area contributed by atoms with Crippen molar-refractivity contribution in [2.24, 2.45) is 0 Å². The van der Waals surface area contributed by atoms with Crippen molar-refractivity contribution >= 4 is 34.1 Å². The molecule has 4 rings (SSSR count). The van der Waals surface area contributed by atoms with E-state index in [1.165, 1.54) is 12.8 Å². The van der Waals surface area contributed by atoms with Crippen molar-refractivity contribution in [1.29, 1.82) is 5.26 Å². The zero-order valence-electron chi connectivity index (χ0n) is 17.4. The number of hydrogen-bond donors (Lipinski definition) is 1. The SMILES string of the molecule is CCCCCNc1c(Cc2ccccc2Cl)c(C)c(C#N)c2nc3ccccc3n12. The number of hydrogen-bond acceptors (Lipinski definition) is 3. The fourth-order valence-corrected chi connectivity index (χ4v) is 4.20. The predicted molar refractivity (Wildman–Crippen MR) is 124 cm³/mol. The third-order valence-electron chi connectivity index (χ3n) is 5.63. The van der Waals surface area contributed by atoms with Crippen molar-refractivity contribution < 1.29 is 0 Å². The number of halogens is 1. The molecule has 0 spiro atoms. The minimum absolute atomic E-state index is 0.618. The molecule has 0 saturated heterocycles. The molecule has 0 radical (unpaired) electrons. The highest BCUT2D eigenvalue weighted by Crippen LogP contribution is 2.33. The second-order valence-electron chi connectivity index (χ2n) is 7.60. The Morgan fingerprint density at radius 3 is 2.63 bits per heavy atom. The number of aromatic nitrogens is 2. The average Bonchev–Trinajstić information content (AvgIpc) is 3.13. The summed E-state index contributed by atoms with van der Waals surface area (Å²) in [6.07, 6.45) is 4.09. The Morgan fingerprint density at radius 1 is 1.10 bits per heavy atom. The van der Waals surface area contributed by atoms with Crippen LogP contribution in [0.2, 0.25) is 5.02 Å². The maximum absolute atomic E-state index is 9.97. The van der Waals surface area contributed by atoms with Crippen LogP contribution in [-0.4, -0.2) is 15.9 Å². The Balaban J connectivity index is 1.97. The number of pyridine rings is 1. The normalized spacial score (nSPS) is 11.1. The van der Waals surface area contributed by atoms with Crippen LogP contribution in [0.5, 0.6) is 0 Å². The highest BCUT2D eigenvalue weighted by molar-refractivity contribution is 6.31. The van der Waals surface area contributed by atoms with Gasteiger partial charge in [0, 0.05) is 23.6 Å². The summed E-state index contributed by atoms with van der Waals surface area (Å²) in [6, 6.07) is 18.3. The van der Waals surface area contributed by atoms with E-state index in [0.29, 0.717) is 17.6 Å². The van der Waals surface area contributed by atoms with E-state index < -0.39 is 0 Å². The number of anilines is 1. The van der Waals surface area contributed by atoms with Gasteiger partial charge in [-0.1, -0.05) is 61.7 Å². The molecule has 152 valence electrons. The molecule has 0 unspecified atom stereocenters. The smallest absolute Gasteiger partial charge is 0.157 e. The number of nitrogens with zero attached hydrogens (tertiary/aromatic N) is 3. The van der Waals surface area contributed by atoms with Gasteiger partial charge in [-0.15, -0.1) is 0 Å². The summed E-state index contributed by atoms with van der Waals surface area (Å²) in [6.45, 7) is 5.09. The van der Waals surface area contributed by atoms with Crippen LogP contribution < -0.4 is 5.32 Å². The van der Waals surface area contributed by atoms with Crippen molar-refractivity contribution in [1.82, 2.24) is 9.38 Å². The van der Waals surface area contributed by atoms with Crippen LogP contribution in [0.4, 0.5) is 5.82 Å². The summed E-state index contributed by atoms with van der Waals surface area (Å²) in [5.74, 6) is 1.01. The molecule has 30 heavy (non-hydrogen) atoms. The monoisotopic (exact) mass is 416 g/mol. The fraction of sp³-hybridized carbons (Fsp3) is 0.280. The molecule has 2 aromatic carbocycles. The Kier molecular flexibility index (Phi) is 5.92. The van der Waals surface area contributed by atoms with E-state index in [-0.39, 0.29) is 0 Å². The molecule has 0 amide bonds. The number of rotatable bonds is 7. The third kappa shape index (κ3) is 3.62. The van der Waals surface area contributed by atoms with E-state index >= 15 is 0 Å². The standard InChI is InChI=1S/C25H25ClN4/c1-3-4-9-14-28-24-19(15-18-10-5-6-11-21(18)26)17(2)20(16-27)25-29-22-12-7-8-13-23(22)30(24)25/h5-8,10-13,28H,3-4,9,14-15H2,1-2H3. The summed E-state index contributed by atoms with van der Waals surface area (Å²) in [5, 5.41) is 14.4. The maximum atomic E-state index is 9.97. The summed E-state index contributed by atoms with van der Waals surface area (Å²) in [4.78, 5) is 4.79. The summed E-state index contributed by atoms with van der Waals surface area (Å²) < 4.78 is 2.11. The van der Waals surface area contributed by atoms with Gasteiger partial charge < -0.3 is 5.32 Å². The summed E-state index contributed by atoms with van der Waals surface area (Å²) >= 11 is 6.49. The molecule has 0 atom stereocenters. The number of imidazole rings is 1. The lowest BCUT2D eigenvalue weighted by atomic mass is 9.97. The van der Waals surface area contributed by atoms with Crippen LogP contribution in [0.15, 0.2) is 48.5 Å². The quantitative estimate of drug-likeness (QED) is 0.349. The average molecular weight is 417 g/mol. The molecule has 0 aliphatic heterocycles. The molecule has 0 saturated carbocycles. The highest BCUT2D eigenvalue weighted by Gasteiger charge is 2.21. The number of nitrogens with one attached hydrogen (secondary N) is 1. The number of fused-ring (bicyclic) bond motifs is 3. The van der Waals surface area contributed by atoms with Gasteiger partial charge in [0.25, 0.3) is 0 Å². The minimum atomic E-state index is 0.618. The van der Waals surface area contributed by atoms with E-state index in [1.807, 2.05) is 49.4 Å². The lowest BCUT2D eigenvalue weighted by Crippen LogP contribution is -2.12. The van der Waals surface area contributed by atoms with Gasteiger partial charge in [-0.2, -0.15) is 5.26 Å². The van der Waals surface area contributed by atoms with Gasteiger partial charge in [0.1, 0.15) is 11.9 Å². The molecule has 0 aliphatic carbocycles. The number of nitriles is 1. The second kappa shape index (κ2) is 8.77. The third-order valence-corrected chi connectivity index (χ3v) is 6.00. The van der Waals surface area contributed by atoms with E-state index in [2.05, 4.69) is 28.8 Å². The first-order chi connectivity index (χ1) is 14.7. The van der Waals surface area contributed by atoms with Crippen molar-refractivity contribution in [3.05, 3.63) is 75.8 Å². The first-order valence-electron chi connectivity index (χ1n) is 10.5. The van der Waals surface area contributed by atoms with Crippen LogP contribution in [0.1, 0.15) is 48.4 Å². The molecule has 2 heterocycles. The van der Waals surface area contributed by atoms with E-state index in [1.54, 1.807) is 0 Å². The second-order valence-corrected chi connectivity index (χ2v) is 8.01. The largest absolute Gasteiger partial charge is 0.371 e. The molecule has 0 bridgehead atoms. The number of benzene rings is 2. The predicted octanol–water partition coefficient (Wildman–Crippen LogP) is 6.51. The first-order valence-corrected chi connectivity index (χ1v) is 10.8. The summed E-state index contributed by atoms with van der Waals surface area (Å²) in [7, 11) is 0. The van der Waals surface area contributed by atoms with Gasteiger partial charge in [0.2, 0.25) is 0 Å². The maximum Gasteiger partial charge on any atom is 0.157 e. The van der Waals surface area contributed by atoms with E-state index in [4.69, 9.17) is 16.6 Å². The molecule has 5 heteroatoms. The van der Waals surface area contributed by atoms with Gasteiger partial charge in [-0.05, 0) is 42.7 Å². The van der Waals surface area contributed by atoms with Gasteiger partial charge in [0.05, 0.1) is 16.6 Å². The molecule has 0 aliphatic rings. The van der Waals surface area contributed by atoms with Gasteiger partial charge in [-0.25, -0.2) is 4.98 Å². The molecule has 4 nitrogen and oxygen atoms in total. The Hall–Kier alpha value is -3.03. The highest BCUT2D eigenvalue weighted by atomic mass is 35.5. The van der Waals surface area contributed by atoms with Gasteiger partial charge in [0.15, 0.2) is 5.65 Å². The van der Waals surface area contributed by atoms with Crippen molar-refractivity contribution in [3.8, 4) is 6.07 Å². The topological polar surface area (TPSA) is 53.1 Å². The lowest BCUT2D eigenvalue weighted by molar-refractivity contribution is 0.741. The molecule has 1 N–H and O–H groups in total. The van der Waals surface area contributed by atoms with Gasteiger partial charge in [-0.3, -0.25) is 4.40 Å². The zero-order valence-corrected chi connectivity index (χ0v) is 18.1. The molecule has 0 fully saturated rings. The Bertz CT molecular complexity index is 1250. The number of unbranched alkanes of at least 4 members (excludes halogenated alkanes) is 2. The minimum Gasteiger partial charge on any atom is -0.371 e.